The molecule has 0 amide bonds. The maximum absolute atomic E-state index is 9.53. The summed E-state index contributed by atoms with van der Waals surface area (Å²) in [6.45, 7) is 1.31. The molecule has 0 radical (unpaired) electrons. The first-order valence-electron chi connectivity index (χ1n) is 6.32. The van der Waals surface area contributed by atoms with Crippen molar-refractivity contribution >= 4 is 0 Å². The molecule has 92 valence electrons. The van der Waals surface area contributed by atoms with Crippen LogP contribution < -0.4 is 0 Å². The second-order valence-electron chi connectivity index (χ2n) is 4.61. The topological polar surface area (TPSA) is 29.5 Å². The number of hydrogen-bond donors (Lipinski definition) is 1. The number of benzene rings is 1. The minimum Gasteiger partial charge on any atom is -0.393 e. The molecule has 2 heteroatoms. The third kappa shape index (κ3) is 4.33. The van der Waals surface area contributed by atoms with E-state index in [0.29, 0.717) is 13.2 Å². The fourth-order valence-corrected chi connectivity index (χ4v) is 2.18. The molecule has 1 aromatic carbocycles. The van der Waals surface area contributed by atoms with Gasteiger partial charge >= 0.3 is 0 Å². The first kappa shape index (κ1) is 12.3. The van der Waals surface area contributed by atoms with Gasteiger partial charge in [0.15, 0.2) is 0 Å². The van der Waals surface area contributed by atoms with Crippen LogP contribution in [-0.4, -0.2) is 17.8 Å². The number of ether oxygens (including phenoxy) is 1. The molecule has 2 rings (SSSR count). The van der Waals surface area contributed by atoms with Gasteiger partial charge in [-0.3, -0.25) is 0 Å². The van der Waals surface area contributed by atoms with E-state index in [-0.39, 0.29) is 6.10 Å². The van der Waals surface area contributed by atoms with Crippen LogP contribution in [0.5, 0.6) is 0 Å². The smallest absolute Gasteiger partial charge is 0.0721 e. The van der Waals surface area contributed by atoms with Crippen molar-refractivity contribution in [2.75, 3.05) is 6.61 Å². The van der Waals surface area contributed by atoms with E-state index in [2.05, 4.69) is 18.2 Å². The summed E-state index contributed by atoms with van der Waals surface area (Å²) in [5, 5.41) is 9.53. The SMILES string of the molecule is O[C@@H]1CCC/C(=C/COCc2ccccc2)C1. The molecule has 0 unspecified atom stereocenters. The third-order valence-electron chi connectivity index (χ3n) is 3.13. The predicted octanol–water partition coefficient (Wildman–Crippen LogP) is 3.06. The lowest BCUT2D eigenvalue weighted by atomic mass is 9.92. The molecular weight excluding hydrogens is 212 g/mol. The van der Waals surface area contributed by atoms with Gasteiger partial charge < -0.3 is 9.84 Å². The molecule has 0 aromatic heterocycles. The number of rotatable bonds is 4. The molecule has 2 nitrogen and oxygen atoms in total. The highest BCUT2D eigenvalue weighted by Crippen LogP contribution is 2.23. The summed E-state index contributed by atoms with van der Waals surface area (Å²) in [5.74, 6) is 0. The lowest BCUT2D eigenvalue weighted by Gasteiger charge is -2.19. The van der Waals surface area contributed by atoms with Gasteiger partial charge in [0, 0.05) is 0 Å². The summed E-state index contributed by atoms with van der Waals surface area (Å²) >= 11 is 0. The standard InChI is InChI=1S/C15H20O2/c16-15-8-4-7-13(11-15)9-10-17-12-14-5-2-1-3-6-14/h1-3,5-6,9,15-16H,4,7-8,10-12H2/b13-9-/t15-/m1/s1. The van der Waals surface area contributed by atoms with E-state index in [9.17, 15) is 5.11 Å². The number of aliphatic hydroxyl groups is 1. The summed E-state index contributed by atoms with van der Waals surface area (Å²) < 4.78 is 5.60. The minimum atomic E-state index is -0.135. The zero-order valence-corrected chi connectivity index (χ0v) is 10.1. The van der Waals surface area contributed by atoms with Crippen molar-refractivity contribution in [2.45, 2.75) is 38.4 Å². The Bertz CT molecular complexity index is 356. The lowest BCUT2D eigenvalue weighted by molar-refractivity contribution is 0.140. The van der Waals surface area contributed by atoms with Crippen LogP contribution in [0.4, 0.5) is 0 Å². The van der Waals surface area contributed by atoms with Gasteiger partial charge in [-0.1, -0.05) is 42.0 Å². The predicted molar refractivity (Wildman–Crippen MR) is 68.7 cm³/mol. The lowest BCUT2D eigenvalue weighted by Crippen LogP contribution is -2.13. The highest BCUT2D eigenvalue weighted by Gasteiger charge is 2.13. The Balaban J connectivity index is 1.70. The van der Waals surface area contributed by atoms with E-state index in [4.69, 9.17) is 4.74 Å². The van der Waals surface area contributed by atoms with Crippen LogP contribution in [0, 0.1) is 0 Å². The van der Waals surface area contributed by atoms with Gasteiger partial charge in [-0.25, -0.2) is 0 Å². The van der Waals surface area contributed by atoms with E-state index in [1.165, 1.54) is 11.1 Å². The van der Waals surface area contributed by atoms with Crippen LogP contribution in [0.15, 0.2) is 42.0 Å². The Labute approximate surface area is 103 Å². The van der Waals surface area contributed by atoms with Gasteiger partial charge in [0.1, 0.15) is 0 Å². The molecule has 0 spiro atoms. The van der Waals surface area contributed by atoms with Crippen LogP contribution in [0.1, 0.15) is 31.2 Å². The average Bonchev–Trinajstić information content (AvgIpc) is 2.36. The van der Waals surface area contributed by atoms with Crippen molar-refractivity contribution in [3.63, 3.8) is 0 Å². The molecule has 1 aromatic rings. The Morgan fingerprint density at radius 1 is 1.29 bits per heavy atom. The zero-order chi connectivity index (χ0) is 11.9. The van der Waals surface area contributed by atoms with Crippen molar-refractivity contribution in [1.29, 1.82) is 0 Å². The molecule has 0 bridgehead atoms. The van der Waals surface area contributed by atoms with E-state index >= 15 is 0 Å². The highest BCUT2D eigenvalue weighted by molar-refractivity contribution is 5.13. The number of aliphatic hydroxyl groups excluding tert-OH is 1. The first-order chi connectivity index (χ1) is 8.34. The van der Waals surface area contributed by atoms with Crippen LogP contribution in [0.3, 0.4) is 0 Å². The molecular formula is C15H20O2. The van der Waals surface area contributed by atoms with E-state index in [1.807, 2.05) is 18.2 Å². The molecule has 1 saturated carbocycles. The Morgan fingerprint density at radius 2 is 2.12 bits per heavy atom. The fourth-order valence-electron chi connectivity index (χ4n) is 2.18. The summed E-state index contributed by atoms with van der Waals surface area (Å²) in [5.41, 5.74) is 2.55. The molecule has 1 atom stereocenters. The summed E-state index contributed by atoms with van der Waals surface area (Å²) in [6, 6.07) is 10.2. The van der Waals surface area contributed by atoms with Gasteiger partial charge in [0.05, 0.1) is 19.3 Å². The molecule has 1 aliphatic carbocycles. The van der Waals surface area contributed by atoms with Crippen molar-refractivity contribution in [3.8, 4) is 0 Å². The molecule has 17 heavy (non-hydrogen) atoms. The normalized spacial score (nSPS) is 22.9. The molecule has 0 saturated heterocycles. The molecule has 0 aliphatic heterocycles. The van der Waals surface area contributed by atoms with Gasteiger partial charge in [-0.05, 0) is 31.2 Å². The Morgan fingerprint density at radius 3 is 2.88 bits per heavy atom. The van der Waals surface area contributed by atoms with Crippen molar-refractivity contribution in [1.82, 2.24) is 0 Å². The van der Waals surface area contributed by atoms with E-state index in [0.717, 1.165) is 25.7 Å². The van der Waals surface area contributed by atoms with E-state index < -0.39 is 0 Å². The summed E-state index contributed by atoms with van der Waals surface area (Å²) in [7, 11) is 0. The fraction of sp³-hybridized carbons (Fsp3) is 0.467. The summed E-state index contributed by atoms with van der Waals surface area (Å²) in [4.78, 5) is 0. The second kappa shape index (κ2) is 6.58. The van der Waals surface area contributed by atoms with Crippen LogP contribution >= 0.6 is 0 Å². The number of hydrogen-bond acceptors (Lipinski definition) is 2. The maximum atomic E-state index is 9.53. The average molecular weight is 232 g/mol. The van der Waals surface area contributed by atoms with Crippen LogP contribution in [0.2, 0.25) is 0 Å². The van der Waals surface area contributed by atoms with Crippen molar-refractivity contribution < 1.29 is 9.84 Å². The molecule has 1 fully saturated rings. The minimum absolute atomic E-state index is 0.135. The monoisotopic (exact) mass is 232 g/mol. The van der Waals surface area contributed by atoms with Gasteiger partial charge in [0.25, 0.3) is 0 Å². The molecule has 1 aliphatic rings. The molecule has 0 heterocycles. The van der Waals surface area contributed by atoms with Gasteiger partial charge in [0.2, 0.25) is 0 Å². The largest absolute Gasteiger partial charge is 0.393 e. The van der Waals surface area contributed by atoms with E-state index in [1.54, 1.807) is 0 Å². The van der Waals surface area contributed by atoms with Crippen molar-refractivity contribution in [2.24, 2.45) is 0 Å². The Kier molecular flexibility index (Phi) is 4.77. The zero-order valence-electron chi connectivity index (χ0n) is 10.1. The summed E-state index contributed by atoms with van der Waals surface area (Å²) in [6.07, 6.45) is 5.99. The van der Waals surface area contributed by atoms with Crippen LogP contribution in [0.25, 0.3) is 0 Å². The van der Waals surface area contributed by atoms with Gasteiger partial charge in [-0.15, -0.1) is 0 Å². The van der Waals surface area contributed by atoms with Gasteiger partial charge in [-0.2, -0.15) is 0 Å². The van der Waals surface area contributed by atoms with Crippen molar-refractivity contribution in [3.05, 3.63) is 47.5 Å². The molecule has 1 N–H and O–H groups in total. The van der Waals surface area contributed by atoms with Crippen LogP contribution in [-0.2, 0) is 11.3 Å². The highest BCUT2D eigenvalue weighted by atomic mass is 16.5. The third-order valence-corrected chi connectivity index (χ3v) is 3.13. The quantitative estimate of drug-likeness (QED) is 0.638. The first-order valence-corrected chi connectivity index (χ1v) is 6.32. The maximum Gasteiger partial charge on any atom is 0.0721 e. The second-order valence-corrected chi connectivity index (χ2v) is 4.61. The Hall–Kier alpha value is -1.12.